The zero-order chi connectivity index (χ0) is 11.6. The van der Waals surface area contributed by atoms with Crippen LogP contribution in [0, 0.1) is 13.8 Å². The summed E-state index contributed by atoms with van der Waals surface area (Å²) in [6.07, 6.45) is 0.918. The van der Waals surface area contributed by atoms with Gasteiger partial charge in [0, 0.05) is 0 Å². The van der Waals surface area contributed by atoms with Gasteiger partial charge in [0.1, 0.15) is 5.75 Å². The molecule has 0 radical (unpaired) electrons. The molecule has 0 unspecified atom stereocenters. The van der Waals surface area contributed by atoms with E-state index in [1.54, 1.807) is 13.8 Å². The fourth-order valence-electron chi connectivity index (χ4n) is 1.28. The second kappa shape index (κ2) is 4.13. The molecule has 0 saturated heterocycles. The van der Waals surface area contributed by atoms with Crippen molar-refractivity contribution in [2.45, 2.75) is 13.8 Å². The number of carboxylic acid groups (broad SMARTS) is 1. The third-order valence-corrected chi connectivity index (χ3v) is 2.01. The van der Waals surface area contributed by atoms with Gasteiger partial charge >= 0.3 is 5.97 Å². The summed E-state index contributed by atoms with van der Waals surface area (Å²) in [5.74, 6) is -2.68. The maximum absolute atomic E-state index is 12.8. The van der Waals surface area contributed by atoms with Crippen molar-refractivity contribution in [1.29, 1.82) is 0 Å². The van der Waals surface area contributed by atoms with E-state index in [1.165, 1.54) is 12.1 Å². The Balaban J connectivity index is 3.18. The van der Waals surface area contributed by atoms with Gasteiger partial charge in [0.2, 0.25) is 5.83 Å². The van der Waals surface area contributed by atoms with Gasteiger partial charge in [0.25, 0.3) is 0 Å². The van der Waals surface area contributed by atoms with E-state index in [0.29, 0.717) is 16.7 Å². The number of rotatable bonds is 2. The van der Waals surface area contributed by atoms with Crippen molar-refractivity contribution in [1.82, 2.24) is 0 Å². The number of halogens is 1. The van der Waals surface area contributed by atoms with Crippen LogP contribution in [0.3, 0.4) is 0 Å². The Morgan fingerprint density at radius 1 is 1.33 bits per heavy atom. The van der Waals surface area contributed by atoms with Crippen LogP contribution in [0.5, 0.6) is 5.75 Å². The van der Waals surface area contributed by atoms with Gasteiger partial charge in [-0.15, -0.1) is 0 Å². The predicted octanol–water partition coefficient (Wildman–Crippen LogP) is 2.40. The summed E-state index contributed by atoms with van der Waals surface area (Å²) in [5, 5.41) is 17.8. The van der Waals surface area contributed by atoms with Gasteiger partial charge in [0.15, 0.2) is 0 Å². The molecule has 0 bridgehead atoms. The van der Waals surface area contributed by atoms with Gasteiger partial charge in [-0.3, -0.25) is 0 Å². The Bertz CT molecular complexity index is 412. The quantitative estimate of drug-likeness (QED) is 0.737. The lowest BCUT2D eigenvalue weighted by molar-refractivity contribution is -0.134. The molecule has 80 valence electrons. The molecular formula is C11H11FO3. The zero-order valence-electron chi connectivity index (χ0n) is 8.41. The molecule has 2 N–H and O–H groups in total. The number of aromatic hydroxyl groups is 1. The molecule has 1 aromatic carbocycles. The Morgan fingerprint density at radius 2 is 1.80 bits per heavy atom. The number of aliphatic carboxylic acids is 1. The van der Waals surface area contributed by atoms with Crippen LogP contribution in [0.1, 0.15) is 16.7 Å². The third-order valence-electron chi connectivity index (χ3n) is 2.01. The van der Waals surface area contributed by atoms with E-state index in [-0.39, 0.29) is 5.75 Å². The monoisotopic (exact) mass is 210 g/mol. The third kappa shape index (κ3) is 2.56. The summed E-state index contributed by atoms with van der Waals surface area (Å²) in [6, 6.07) is 3.04. The molecule has 1 rings (SSSR count). The number of hydrogen-bond donors (Lipinski definition) is 2. The molecule has 0 aliphatic carbocycles. The molecule has 0 saturated carbocycles. The Morgan fingerprint density at radius 3 is 2.20 bits per heavy atom. The lowest BCUT2D eigenvalue weighted by Crippen LogP contribution is -1.94. The van der Waals surface area contributed by atoms with E-state index in [4.69, 9.17) is 5.11 Å². The van der Waals surface area contributed by atoms with E-state index >= 15 is 0 Å². The maximum atomic E-state index is 12.8. The first-order chi connectivity index (χ1) is 6.91. The molecule has 0 aliphatic rings. The van der Waals surface area contributed by atoms with E-state index < -0.39 is 11.8 Å². The van der Waals surface area contributed by atoms with Crippen molar-refractivity contribution < 1.29 is 19.4 Å². The Hall–Kier alpha value is -1.84. The van der Waals surface area contributed by atoms with Crippen LogP contribution in [0.15, 0.2) is 18.0 Å². The highest BCUT2D eigenvalue weighted by Crippen LogP contribution is 2.24. The lowest BCUT2D eigenvalue weighted by atomic mass is 10.1. The molecule has 4 heteroatoms. The predicted molar refractivity (Wildman–Crippen MR) is 54.3 cm³/mol. The first-order valence-corrected chi connectivity index (χ1v) is 4.32. The number of carbonyl (C=O) groups is 1. The summed E-state index contributed by atoms with van der Waals surface area (Å²) in [6.45, 7) is 3.33. The van der Waals surface area contributed by atoms with E-state index in [2.05, 4.69) is 0 Å². The van der Waals surface area contributed by atoms with Gasteiger partial charge in [-0.05, 0) is 48.7 Å². The van der Waals surface area contributed by atoms with Crippen molar-refractivity contribution in [3.05, 3.63) is 34.6 Å². The van der Waals surface area contributed by atoms with Gasteiger partial charge in [0.05, 0.1) is 0 Å². The fraction of sp³-hybridized carbons (Fsp3) is 0.182. The lowest BCUT2D eigenvalue weighted by Gasteiger charge is -2.04. The molecule has 0 fully saturated rings. The molecular weight excluding hydrogens is 199 g/mol. The largest absolute Gasteiger partial charge is 0.507 e. The molecule has 15 heavy (non-hydrogen) atoms. The van der Waals surface area contributed by atoms with Crippen LogP contribution < -0.4 is 0 Å². The van der Waals surface area contributed by atoms with Crippen molar-refractivity contribution >= 4 is 12.0 Å². The molecule has 0 spiro atoms. The highest BCUT2D eigenvalue weighted by atomic mass is 19.1. The smallest absolute Gasteiger partial charge is 0.364 e. The first-order valence-electron chi connectivity index (χ1n) is 4.32. The molecule has 0 amide bonds. The van der Waals surface area contributed by atoms with Crippen LogP contribution in [-0.2, 0) is 4.79 Å². The Labute approximate surface area is 86.5 Å². The highest BCUT2D eigenvalue weighted by molar-refractivity contribution is 5.89. The normalized spacial score (nSPS) is 11.5. The van der Waals surface area contributed by atoms with Crippen LogP contribution >= 0.6 is 0 Å². The SMILES string of the molecule is Cc1cc(C=C(F)C(=O)O)cc(C)c1O. The second-order valence-corrected chi connectivity index (χ2v) is 3.30. The topological polar surface area (TPSA) is 57.5 Å². The fourth-order valence-corrected chi connectivity index (χ4v) is 1.28. The van der Waals surface area contributed by atoms with Gasteiger partial charge in [-0.1, -0.05) is 0 Å². The summed E-state index contributed by atoms with van der Waals surface area (Å²) in [4.78, 5) is 10.2. The maximum Gasteiger partial charge on any atom is 0.364 e. The van der Waals surface area contributed by atoms with Crippen LogP contribution in [0.25, 0.3) is 6.08 Å². The van der Waals surface area contributed by atoms with Crippen molar-refractivity contribution in [3.8, 4) is 5.75 Å². The summed E-state index contributed by atoms with van der Waals surface area (Å²) in [5.41, 5.74) is 1.58. The molecule has 0 aliphatic heterocycles. The van der Waals surface area contributed by atoms with E-state index in [1.807, 2.05) is 0 Å². The zero-order valence-corrected chi connectivity index (χ0v) is 8.41. The number of carboxylic acids is 1. The minimum absolute atomic E-state index is 0.142. The molecule has 1 aromatic rings. The average molecular weight is 210 g/mol. The molecule has 0 atom stereocenters. The molecule has 3 nitrogen and oxygen atoms in total. The number of benzene rings is 1. The summed E-state index contributed by atoms with van der Waals surface area (Å²) < 4.78 is 12.8. The van der Waals surface area contributed by atoms with Crippen molar-refractivity contribution in [3.63, 3.8) is 0 Å². The number of hydrogen-bond acceptors (Lipinski definition) is 2. The van der Waals surface area contributed by atoms with Crippen molar-refractivity contribution in [2.75, 3.05) is 0 Å². The highest BCUT2D eigenvalue weighted by Gasteiger charge is 2.07. The molecule has 0 aromatic heterocycles. The number of phenolic OH excluding ortho intramolecular Hbond substituents is 1. The van der Waals surface area contributed by atoms with E-state index in [0.717, 1.165) is 6.08 Å². The van der Waals surface area contributed by atoms with Crippen molar-refractivity contribution in [2.24, 2.45) is 0 Å². The number of aryl methyl sites for hydroxylation is 2. The van der Waals surface area contributed by atoms with Gasteiger partial charge < -0.3 is 10.2 Å². The Kier molecular flexibility index (Phi) is 3.09. The van der Waals surface area contributed by atoms with Crippen LogP contribution in [0.2, 0.25) is 0 Å². The summed E-state index contributed by atoms with van der Waals surface area (Å²) >= 11 is 0. The van der Waals surface area contributed by atoms with Gasteiger partial charge in [-0.2, -0.15) is 4.39 Å². The number of phenols is 1. The summed E-state index contributed by atoms with van der Waals surface area (Å²) in [7, 11) is 0. The first kappa shape index (κ1) is 11.2. The van der Waals surface area contributed by atoms with Gasteiger partial charge in [-0.25, -0.2) is 4.79 Å². The van der Waals surface area contributed by atoms with Crippen LogP contribution in [-0.4, -0.2) is 16.2 Å². The second-order valence-electron chi connectivity index (χ2n) is 3.30. The van der Waals surface area contributed by atoms with E-state index in [9.17, 15) is 14.3 Å². The minimum atomic E-state index is -1.60. The molecule has 0 heterocycles. The van der Waals surface area contributed by atoms with Crippen LogP contribution in [0.4, 0.5) is 4.39 Å². The average Bonchev–Trinajstić information content (AvgIpc) is 2.13. The standard InChI is InChI=1S/C11H11FO3/c1-6-3-8(4-7(2)10(6)13)5-9(12)11(14)15/h3-5,13H,1-2H3,(H,14,15). The minimum Gasteiger partial charge on any atom is -0.507 e.